The molecule has 0 unspecified atom stereocenters. The van der Waals surface area contributed by atoms with E-state index in [0.29, 0.717) is 30.4 Å². The van der Waals surface area contributed by atoms with Gasteiger partial charge in [0.2, 0.25) is 0 Å². The molecule has 4 aromatic carbocycles. The van der Waals surface area contributed by atoms with E-state index in [-0.39, 0.29) is 18.7 Å². The van der Waals surface area contributed by atoms with Gasteiger partial charge >= 0.3 is 16.2 Å². The van der Waals surface area contributed by atoms with E-state index in [1.165, 1.54) is 0 Å². The van der Waals surface area contributed by atoms with E-state index in [0.717, 1.165) is 28.3 Å². The maximum atomic E-state index is 13.4. The molecular formula is C39H39N7O5S. The number of ether oxygens (including phenoxy) is 2. The van der Waals surface area contributed by atoms with Crippen LogP contribution >= 0.6 is 0 Å². The van der Waals surface area contributed by atoms with Crippen LogP contribution < -0.4 is 18.9 Å². The predicted octanol–water partition coefficient (Wildman–Crippen LogP) is 6.07. The fourth-order valence-electron chi connectivity index (χ4n) is 5.79. The molecule has 0 spiro atoms. The molecule has 2 amide bonds. The molecule has 0 saturated carbocycles. The monoisotopic (exact) mass is 717 g/mol. The van der Waals surface area contributed by atoms with Gasteiger partial charge in [0.25, 0.3) is 0 Å². The van der Waals surface area contributed by atoms with E-state index in [4.69, 9.17) is 9.47 Å². The van der Waals surface area contributed by atoms with Gasteiger partial charge in [-0.25, -0.2) is 19.5 Å². The lowest BCUT2D eigenvalue weighted by molar-refractivity contribution is 0.253. The number of amides is 2. The summed E-state index contributed by atoms with van der Waals surface area (Å²) in [5.41, 5.74) is 3.75. The Hall–Kier alpha value is -6.05. The molecule has 2 aromatic heterocycles. The van der Waals surface area contributed by atoms with Gasteiger partial charge < -0.3 is 14.0 Å². The first-order chi connectivity index (χ1) is 25.3. The molecule has 2 heterocycles. The van der Waals surface area contributed by atoms with E-state index >= 15 is 0 Å². The predicted molar refractivity (Wildman–Crippen MR) is 200 cm³/mol. The molecule has 1 atom stereocenters. The average Bonchev–Trinajstić information content (AvgIpc) is 3.85. The molecule has 52 heavy (non-hydrogen) atoms. The number of aromatic nitrogens is 4. The zero-order valence-electron chi connectivity index (χ0n) is 28.8. The number of hydrogen-bond acceptors (Lipinski definition) is 7. The number of benzene rings is 4. The minimum atomic E-state index is -4.36. The zero-order valence-corrected chi connectivity index (χ0v) is 29.6. The van der Waals surface area contributed by atoms with Crippen molar-refractivity contribution in [1.29, 1.82) is 0 Å². The minimum absolute atomic E-state index is 0.0476. The smallest absolute Gasteiger partial charge is 0.355 e. The Morgan fingerprint density at radius 1 is 0.788 bits per heavy atom. The van der Waals surface area contributed by atoms with Crippen molar-refractivity contribution in [3.05, 3.63) is 157 Å². The molecule has 0 aliphatic heterocycles. The molecule has 0 aliphatic carbocycles. The highest BCUT2D eigenvalue weighted by molar-refractivity contribution is 7.88. The van der Waals surface area contributed by atoms with Gasteiger partial charge in [0, 0.05) is 55.0 Å². The number of carbonyl (C=O) groups excluding carboxylic acids is 1. The molecule has 266 valence electrons. The Kier molecular flexibility index (Phi) is 11.5. The van der Waals surface area contributed by atoms with E-state index in [1.807, 2.05) is 127 Å². The van der Waals surface area contributed by atoms with Crippen molar-refractivity contribution in [1.82, 2.24) is 28.5 Å². The van der Waals surface area contributed by atoms with E-state index in [1.54, 1.807) is 30.3 Å². The summed E-state index contributed by atoms with van der Waals surface area (Å²) in [6, 6.07) is 33.1. The third kappa shape index (κ3) is 9.19. The van der Waals surface area contributed by atoms with Crippen LogP contribution in [-0.2, 0) is 23.1 Å². The highest BCUT2D eigenvalue weighted by atomic mass is 32.2. The molecule has 0 saturated heterocycles. The summed E-state index contributed by atoms with van der Waals surface area (Å²) >= 11 is 0. The van der Waals surface area contributed by atoms with Gasteiger partial charge in [-0.2, -0.15) is 18.1 Å². The molecule has 6 aromatic rings. The molecule has 0 fully saturated rings. The van der Waals surface area contributed by atoms with E-state index in [9.17, 15) is 13.2 Å². The van der Waals surface area contributed by atoms with Gasteiger partial charge in [0.05, 0.1) is 19.4 Å². The summed E-state index contributed by atoms with van der Waals surface area (Å²) in [5, 5.41) is 0. The lowest BCUT2D eigenvalue weighted by Gasteiger charge is -2.19. The number of imidazole rings is 2. The number of carbonyl (C=O) groups is 1. The molecule has 0 radical (unpaired) electrons. The Bertz CT molecular complexity index is 2200. The van der Waals surface area contributed by atoms with Crippen LogP contribution in [0.5, 0.6) is 11.5 Å². The molecule has 0 aliphatic rings. The second-order valence-corrected chi connectivity index (χ2v) is 13.3. The Morgan fingerprint density at radius 2 is 1.38 bits per heavy atom. The fourth-order valence-corrected chi connectivity index (χ4v) is 6.56. The fraction of sp³-hybridized carbons (Fsp3) is 0.179. The zero-order chi connectivity index (χ0) is 36.3. The Balaban J connectivity index is 1.24. The molecule has 2 N–H and O–H groups in total. The summed E-state index contributed by atoms with van der Waals surface area (Å²) in [4.78, 5) is 26.7. The summed E-state index contributed by atoms with van der Waals surface area (Å²) in [6.45, 7) is 2.43. The summed E-state index contributed by atoms with van der Waals surface area (Å²) in [5.74, 6) is 2.07. The minimum Gasteiger partial charge on any atom is -0.497 e. The quantitative estimate of drug-likeness (QED) is 0.123. The van der Waals surface area contributed by atoms with Crippen LogP contribution in [0.3, 0.4) is 0 Å². The topological polar surface area (TPSA) is 142 Å². The van der Waals surface area contributed by atoms with Gasteiger partial charge in [-0.05, 0) is 73.0 Å². The number of methoxy groups -OCH3 is 1. The van der Waals surface area contributed by atoms with Crippen molar-refractivity contribution in [2.45, 2.75) is 25.7 Å². The molecular weight excluding hydrogens is 679 g/mol. The summed E-state index contributed by atoms with van der Waals surface area (Å²) in [7, 11) is -2.77. The summed E-state index contributed by atoms with van der Waals surface area (Å²) in [6.07, 6.45) is 7.57. The molecule has 0 bridgehead atoms. The van der Waals surface area contributed by atoms with Crippen molar-refractivity contribution in [2.24, 2.45) is 4.99 Å². The van der Waals surface area contributed by atoms with Crippen molar-refractivity contribution in [2.75, 3.05) is 20.3 Å². The van der Waals surface area contributed by atoms with Gasteiger partial charge in [0.15, 0.2) is 5.82 Å². The highest BCUT2D eigenvalue weighted by Crippen LogP contribution is 2.24. The number of urea groups is 1. The standard InChI is InChI=1S/C39H39N7O5S/c1-3-51-35-20-16-32(17-21-35)45-24-22-40-37(45)31(26-29-10-6-4-7-11-29)28-42-52(48,49)44-39(47)43-36(27-30-12-8-5-9-13-30)38-41-23-25-46(38)33-14-18-34(50-2)19-15-33/h4-25,31,42H,3,26-28H2,1-2H3,(H,44,47)/b43-36-/t31-/m1/s1. The molecule has 12 nitrogen and oxygen atoms in total. The van der Waals surface area contributed by atoms with Crippen LogP contribution in [0.15, 0.2) is 139 Å². The number of rotatable bonds is 15. The average molecular weight is 718 g/mol. The van der Waals surface area contributed by atoms with Crippen LogP contribution in [0.4, 0.5) is 4.79 Å². The van der Waals surface area contributed by atoms with Crippen LogP contribution in [0.1, 0.15) is 35.6 Å². The lowest BCUT2D eigenvalue weighted by Crippen LogP contribution is -2.41. The lowest BCUT2D eigenvalue weighted by atomic mass is 9.98. The SMILES string of the molecule is CCOc1ccc(-n2ccnc2[C@@H](CNS(=O)(=O)NC(=O)/N=C(/Cc2ccccc2)c2nccn2-c2ccc(OC)cc2)Cc2ccccc2)cc1. The van der Waals surface area contributed by atoms with E-state index in [2.05, 4.69) is 24.4 Å². The van der Waals surface area contributed by atoms with E-state index < -0.39 is 22.2 Å². The third-order valence-electron chi connectivity index (χ3n) is 8.23. The van der Waals surface area contributed by atoms with Crippen LogP contribution in [0.25, 0.3) is 11.4 Å². The Labute approximate surface area is 303 Å². The van der Waals surface area contributed by atoms with Gasteiger partial charge in [-0.1, -0.05) is 60.7 Å². The number of hydrogen-bond donors (Lipinski definition) is 2. The third-order valence-corrected chi connectivity index (χ3v) is 9.22. The van der Waals surface area contributed by atoms with Crippen molar-refractivity contribution >= 4 is 22.0 Å². The van der Waals surface area contributed by atoms with Crippen molar-refractivity contribution in [3.63, 3.8) is 0 Å². The van der Waals surface area contributed by atoms with Gasteiger partial charge in [0.1, 0.15) is 17.3 Å². The number of nitrogens with one attached hydrogen (secondary N) is 2. The van der Waals surface area contributed by atoms with Crippen molar-refractivity contribution in [3.8, 4) is 22.9 Å². The first-order valence-corrected chi connectivity index (χ1v) is 18.2. The maximum Gasteiger partial charge on any atom is 0.355 e. The van der Waals surface area contributed by atoms with Gasteiger partial charge in [-0.3, -0.25) is 4.57 Å². The largest absolute Gasteiger partial charge is 0.497 e. The molecule has 13 heteroatoms. The first kappa shape index (κ1) is 35.8. The summed E-state index contributed by atoms with van der Waals surface area (Å²) < 4.78 is 46.1. The second-order valence-electron chi connectivity index (χ2n) is 11.8. The first-order valence-electron chi connectivity index (χ1n) is 16.7. The highest BCUT2D eigenvalue weighted by Gasteiger charge is 2.24. The molecule has 6 rings (SSSR count). The van der Waals surface area contributed by atoms with Gasteiger partial charge in [-0.15, -0.1) is 0 Å². The van der Waals surface area contributed by atoms with Crippen LogP contribution in [0.2, 0.25) is 0 Å². The Morgan fingerprint density at radius 3 is 2.04 bits per heavy atom. The van der Waals surface area contributed by atoms with Crippen molar-refractivity contribution < 1.29 is 22.7 Å². The normalized spacial score (nSPS) is 12.3. The van der Waals surface area contributed by atoms with Crippen LogP contribution in [0, 0.1) is 0 Å². The number of aliphatic imine (C=N–C) groups is 1. The number of nitrogens with zero attached hydrogens (tertiary/aromatic N) is 5. The van der Waals surface area contributed by atoms with Crippen LogP contribution in [-0.4, -0.2) is 59.5 Å². The second kappa shape index (κ2) is 16.8. The maximum absolute atomic E-state index is 13.4.